The molecule has 94 valence electrons. The van der Waals surface area contributed by atoms with Crippen LogP contribution < -0.4 is 5.32 Å². The van der Waals surface area contributed by atoms with Gasteiger partial charge in [0, 0.05) is 18.7 Å². The zero-order chi connectivity index (χ0) is 12.1. The summed E-state index contributed by atoms with van der Waals surface area (Å²) in [6.45, 7) is 0.391. The molecule has 5 heteroatoms. The molecule has 1 unspecified atom stereocenters. The largest absolute Gasteiger partial charge is 0.387 e. The first-order chi connectivity index (χ1) is 8.18. The van der Waals surface area contributed by atoms with Crippen molar-refractivity contribution in [3.63, 3.8) is 0 Å². The molecule has 0 bridgehead atoms. The van der Waals surface area contributed by atoms with Gasteiger partial charge in [-0.1, -0.05) is 0 Å². The third kappa shape index (κ3) is 4.01. The number of amides is 1. The first kappa shape index (κ1) is 12.9. The third-order valence-electron chi connectivity index (χ3n) is 2.92. The smallest absolute Gasteiger partial charge is 0.220 e. The van der Waals surface area contributed by atoms with Gasteiger partial charge >= 0.3 is 0 Å². The average molecular weight is 271 g/mol. The molecule has 1 atom stereocenters. The lowest BCUT2D eigenvalue weighted by Gasteiger charge is -2.21. The van der Waals surface area contributed by atoms with Gasteiger partial charge in [0.25, 0.3) is 0 Å². The van der Waals surface area contributed by atoms with Gasteiger partial charge in [0.1, 0.15) is 0 Å². The third-order valence-corrected chi connectivity index (χ3v) is 4.88. The fourth-order valence-electron chi connectivity index (χ4n) is 1.78. The molecule has 3 nitrogen and oxygen atoms in total. The molecule has 0 aliphatic carbocycles. The summed E-state index contributed by atoms with van der Waals surface area (Å²) in [5.41, 5.74) is 0.531. The van der Waals surface area contributed by atoms with E-state index in [0.717, 1.165) is 24.3 Å². The van der Waals surface area contributed by atoms with Crippen molar-refractivity contribution in [2.24, 2.45) is 0 Å². The molecule has 1 aliphatic rings. The van der Waals surface area contributed by atoms with Crippen molar-refractivity contribution in [1.29, 1.82) is 0 Å². The molecule has 2 N–H and O–H groups in total. The normalized spacial score (nSPS) is 23.8. The molecule has 1 aliphatic heterocycles. The molecule has 1 amide bonds. The van der Waals surface area contributed by atoms with Crippen molar-refractivity contribution >= 4 is 29.0 Å². The summed E-state index contributed by atoms with van der Waals surface area (Å²) >= 11 is 3.39. The fourth-order valence-corrected chi connectivity index (χ4v) is 3.78. The minimum atomic E-state index is -0.678. The van der Waals surface area contributed by atoms with Crippen LogP contribution in [0, 0.1) is 0 Å². The average Bonchev–Trinajstić information content (AvgIpc) is 2.95. The number of rotatable bonds is 5. The van der Waals surface area contributed by atoms with Gasteiger partial charge in [0.05, 0.1) is 5.60 Å². The second kappa shape index (κ2) is 5.89. The van der Waals surface area contributed by atoms with Crippen molar-refractivity contribution in [2.75, 3.05) is 18.1 Å². The highest BCUT2D eigenvalue weighted by Crippen LogP contribution is 2.26. The Labute approximate surface area is 110 Å². The summed E-state index contributed by atoms with van der Waals surface area (Å²) in [5.74, 6) is 1.75. The molecular formula is C12H17NO2S2. The first-order valence-corrected chi connectivity index (χ1v) is 7.86. The molecule has 2 heterocycles. The van der Waals surface area contributed by atoms with Gasteiger partial charge in [-0.2, -0.15) is 23.1 Å². The first-order valence-electron chi connectivity index (χ1n) is 5.76. The van der Waals surface area contributed by atoms with Crippen molar-refractivity contribution in [3.05, 3.63) is 22.4 Å². The SMILES string of the molecule is O=C(CCc1ccsc1)NCC1(O)CCSC1. The van der Waals surface area contributed by atoms with Crippen LogP contribution in [0.1, 0.15) is 18.4 Å². The number of aryl methyl sites for hydroxylation is 1. The molecule has 1 fully saturated rings. The Morgan fingerprint density at radius 3 is 3.12 bits per heavy atom. The molecule has 0 radical (unpaired) electrons. The summed E-state index contributed by atoms with van der Waals surface area (Å²) in [7, 11) is 0. The number of nitrogens with one attached hydrogen (secondary N) is 1. The lowest BCUT2D eigenvalue weighted by atomic mass is 10.0. The molecule has 1 aromatic rings. The zero-order valence-corrected chi connectivity index (χ0v) is 11.3. The van der Waals surface area contributed by atoms with Gasteiger partial charge in [-0.15, -0.1) is 0 Å². The number of hydrogen-bond acceptors (Lipinski definition) is 4. The lowest BCUT2D eigenvalue weighted by molar-refractivity contribution is -0.122. The van der Waals surface area contributed by atoms with Crippen LogP contribution >= 0.6 is 23.1 Å². The van der Waals surface area contributed by atoms with Crippen LogP contribution in [0.4, 0.5) is 0 Å². The number of thiophene rings is 1. The van der Waals surface area contributed by atoms with E-state index in [2.05, 4.69) is 10.7 Å². The van der Waals surface area contributed by atoms with Crippen LogP contribution in [0.2, 0.25) is 0 Å². The Hall–Kier alpha value is -0.520. The number of carbonyl (C=O) groups is 1. The van der Waals surface area contributed by atoms with Crippen molar-refractivity contribution in [1.82, 2.24) is 5.32 Å². The van der Waals surface area contributed by atoms with E-state index >= 15 is 0 Å². The number of aliphatic hydroxyl groups is 1. The molecule has 2 rings (SSSR count). The molecule has 17 heavy (non-hydrogen) atoms. The summed E-state index contributed by atoms with van der Waals surface area (Å²) in [6, 6.07) is 2.04. The van der Waals surface area contributed by atoms with Crippen LogP contribution in [0.25, 0.3) is 0 Å². The molecule has 0 spiro atoms. The number of carbonyl (C=O) groups excluding carboxylic acids is 1. The fraction of sp³-hybridized carbons (Fsp3) is 0.583. The van der Waals surface area contributed by atoms with Gasteiger partial charge in [-0.05, 0) is 41.0 Å². The van der Waals surface area contributed by atoms with E-state index in [4.69, 9.17) is 0 Å². The van der Waals surface area contributed by atoms with Crippen molar-refractivity contribution < 1.29 is 9.90 Å². The van der Waals surface area contributed by atoms with Crippen molar-refractivity contribution in [3.8, 4) is 0 Å². The number of thioether (sulfide) groups is 1. The Balaban J connectivity index is 1.67. The molecule has 0 saturated carbocycles. The minimum absolute atomic E-state index is 0.0292. The Morgan fingerprint density at radius 2 is 2.47 bits per heavy atom. The molecular weight excluding hydrogens is 254 g/mol. The maximum absolute atomic E-state index is 11.6. The molecule has 0 aromatic carbocycles. The van der Waals surface area contributed by atoms with Crippen LogP contribution in [0.5, 0.6) is 0 Å². The van der Waals surface area contributed by atoms with Crippen molar-refractivity contribution in [2.45, 2.75) is 24.9 Å². The zero-order valence-electron chi connectivity index (χ0n) is 9.65. The van der Waals surface area contributed by atoms with E-state index in [9.17, 15) is 9.90 Å². The predicted molar refractivity (Wildman–Crippen MR) is 72.5 cm³/mol. The highest BCUT2D eigenvalue weighted by atomic mass is 32.2. The second-order valence-corrected chi connectivity index (χ2v) is 6.32. The van der Waals surface area contributed by atoms with Gasteiger partial charge in [-0.25, -0.2) is 0 Å². The van der Waals surface area contributed by atoms with Crippen LogP contribution in [0.15, 0.2) is 16.8 Å². The topological polar surface area (TPSA) is 49.3 Å². The highest BCUT2D eigenvalue weighted by Gasteiger charge is 2.31. The maximum atomic E-state index is 11.6. The van der Waals surface area contributed by atoms with E-state index in [1.165, 1.54) is 5.56 Å². The quantitative estimate of drug-likeness (QED) is 0.856. The number of hydrogen-bond donors (Lipinski definition) is 2. The van der Waals surface area contributed by atoms with E-state index in [0.29, 0.717) is 13.0 Å². The monoisotopic (exact) mass is 271 g/mol. The Morgan fingerprint density at radius 1 is 1.59 bits per heavy atom. The Bertz CT molecular complexity index is 359. The summed E-state index contributed by atoms with van der Waals surface area (Å²) in [4.78, 5) is 11.6. The van der Waals surface area contributed by atoms with Crippen LogP contribution in [-0.4, -0.2) is 34.7 Å². The van der Waals surface area contributed by atoms with E-state index in [1.807, 2.05) is 11.4 Å². The van der Waals surface area contributed by atoms with Gasteiger partial charge < -0.3 is 10.4 Å². The lowest BCUT2D eigenvalue weighted by Crippen LogP contribution is -2.42. The summed E-state index contributed by atoms with van der Waals surface area (Å²) in [6.07, 6.45) is 2.06. The predicted octanol–water partition coefficient (Wildman–Crippen LogP) is 1.66. The minimum Gasteiger partial charge on any atom is -0.387 e. The van der Waals surface area contributed by atoms with Crippen LogP contribution in [0.3, 0.4) is 0 Å². The van der Waals surface area contributed by atoms with E-state index < -0.39 is 5.60 Å². The molecule has 1 aromatic heterocycles. The summed E-state index contributed by atoms with van der Waals surface area (Å²) in [5, 5.41) is 17.0. The maximum Gasteiger partial charge on any atom is 0.220 e. The molecule has 1 saturated heterocycles. The Kier molecular flexibility index (Phi) is 4.48. The van der Waals surface area contributed by atoms with Gasteiger partial charge in [0.2, 0.25) is 5.91 Å². The van der Waals surface area contributed by atoms with Gasteiger partial charge in [-0.3, -0.25) is 4.79 Å². The standard InChI is InChI=1S/C12H17NO2S2/c14-11(2-1-10-3-5-16-7-10)13-8-12(15)4-6-17-9-12/h3,5,7,15H,1-2,4,6,8-9H2,(H,13,14). The second-order valence-electron chi connectivity index (χ2n) is 4.44. The van der Waals surface area contributed by atoms with Gasteiger partial charge in [0.15, 0.2) is 0 Å². The van der Waals surface area contributed by atoms with E-state index in [1.54, 1.807) is 23.1 Å². The highest BCUT2D eigenvalue weighted by molar-refractivity contribution is 7.99. The van der Waals surface area contributed by atoms with E-state index in [-0.39, 0.29) is 5.91 Å². The summed E-state index contributed by atoms with van der Waals surface area (Å²) < 4.78 is 0. The van der Waals surface area contributed by atoms with Crippen LogP contribution in [-0.2, 0) is 11.2 Å².